The quantitative estimate of drug-likeness (QED) is 0.347. The van der Waals surface area contributed by atoms with E-state index in [0.29, 0.717) is 35.4 Å². The van der Waals surface area contributed by atoms with E-state index in [2.05, 4.69) is 25.3 Å². The summed E-state index contributed by atoms with van der Waals surface area (Å²) in [5.74, 6) is 0.127. The van der Waals surface area contributed by atoms with Gasteiger partial charge in [-0.05, 0) is 45.6 Å². The molecule has 2 fully saturated rings. The van der Waals surface area contributed by atoms with Crippen LogP contribution in [-0.4, -0.2) is 68.5 Å². The van der Waals surface area contributed by atoms with Gasteiger partial charge in [-0.25, -0.2) is 4.98 Å². The number of nitrogens with one attached hydrogen (secondary N) is 1. The first-order valence-electron chi connectivity index (χ1n) is 12.3. The Bertz CT molecular complexity index is 1480. The fourth-order valence-corrected chi connectivity index (χ4v) is 5.87. The number of hydrogen-bond donors (Lipinski definition) is 3. The number of ketones is 1. The molecule has 37 heavy (non-hydrogen) atoms. The molecule has 1 amide bonds. The van der Waals surface area contributed by atoms with Gasteiger partial charge in [-0.2, -0.15) is 9.61 Å². The topological polar surface area (TPSA) is 168 Å². The highest BCUT2D eigenvalue weighted by Crippen LogP contribution is 2.45. The van der Waals surface area contributed by atoms with Crippen molar-refractivity contribution >= 4 is 23.2 Å². The summed E-state index contributed by atoms with van der Waals surface area (Å²) in [6.45, 7) is 3.15. The summed E-state index contributed by atoms with van der Waals surface area (Å²) in [5.41, 5.74) is 10.2. The summed E-state index contributed by atoms with van der Waals surface area (Å²) >= 11 is 0. The molecular formula is C25H27N9O3. The number of carbonyl (C=O) groups excluding carboxylic acids is 2. The Hall–Kier alpha value is -4.19. The highest BCUT2D eigenvalue weighted by molar-refractivity contribution is 6.00. The molecule has 2 aliphatic rings. The molecule has 0 aliphatic carbocycles. The number of Topliss-reactive ketones (excluding diaryl/α,β-unsaturated/α-hetero) is 1. The lowest BCUT2D eigenvalue weighted by Crippen LogP contribution is -2.46. The number of nitrogen functional groups attached to an aromatic ring is 1. The Morgan fingerprint density at radius 3 is 2.54 bits per heavy atom. The lowest BCUT2D eigenvalue weighted by Gasteiger charge is -2.38. The van der Waals surface area contributed by atoms with E-state index in [1.165, 1.54) is 17.8 Å². The summed E-state index contributed by atoms with van der Waals surface area (Å²) in [6, 6.07) is 3.65. The van der Waals surface area contributed by atoms with E-state index < -0.39 is 6.10 Å². The molecule has 6 rings (SSSR count). The van der Waals surface area contributed by atoms with E-state index >= 15 is 0 Å². The number of fused-ring (bicyclic) bond motifs is 3. The molecule has 12 nitrogen and oxygen atoms in total. The van der Waals surface area contributed by atoms with Gasteiger partial charge in [0.05, 0.1) is 29.3 Å². The molecule has 6 heterocycles. The maximum absolute atomic E-state index is 13.1. The molecule has 4 atom stereocenters. The standard InChI is InChI=1S/C25H27N9O3/c1-12(35)19-6-3-14(9-27-19)18-10-30-34-22(26)20(13(2)36)21(31-24(18)34)15-7-16-4-5-17(8-15)33(16)25(37)23-28-11-29-32-23/h3,6,9-12,15-17,35H,4-5,7-8,26H2,1-2H3,(H,28,29,32)/t12?,15-,16+,17-. The van der Waals surface area contributed by atoms with E-state index in [-0.39, 0.29) is 41.3 Å². The number of aromatic amines is 1. The maximum Gasteiger partial charge on any atom is 0.292 e. The van der Waals surface area contributed by atoms with Crippen molar-refractivity contribution in [3.8, 4) is 11.1 Å². The van der Waals surface area contributed by atoms with E-state index in [0.717, 1.165) is 24.0 Å². The Labute approximate surface area is 211 Å². The fraction of sp³-hybridized carbons (Fsp3) is 0.400. The largest absolute Gasteiger partial charge is 0.387 e. The van der Waals surface area contributed by atoms with E-state index in [4.69, 9.17) is 10.7 Å². The third kappa shape index (κ3) is 3.75. The highest BCUT2D eigenvalue weighted by Gasteiger charge is 2.45. The van der Waals surface area contributed by atoms with E-state index in [1.807, 2.05) is 11.0 Å². The monoisotopic (exact) mass is 501 g/mol. The van der Waals surface area contributed by atoms with Gasteiger partial charge < -0.3 is 20.7 Å². The minimum atomic E-state index is -0.673. The smallest absolute Gasteiger partial charge is 0.292 e. The van der Waals surface area contributed by atoms with Crippen LogP contribution in [0.3, 0.4) is 0 Å². The molecule has 4 aromatic heterocycles. The van der Waals surface area contributed by atoms with Crippen LogP contribution < -0.4 is 5.73 Å². The summed E-state index contributed by atoms with van der Waals surface area (Å²) < 4.78 is 1.50. The Morgan fingerprint density at radius 1 is 1.19 bits per heavy atom. The molecular weight excluding hydrogens is 474 g/mol. The summed E-state index contributed by atoms with van der Waals surface area (Å²) in [6.07, 6.45) is 7.17. The zero-order valence-electron chi connectivity index (χ0n) is 20.5. The summed E-state index contributed by atoms with van der Waals surface area (Å²) in [4.78, 5) is 39.9. The summed E-state index contributed by atoms with van der Waals surface area (Å²) in [7, 11) is 0. The van der Waals surface area contributed by atoms with Crippen molar-refractivity contribution in [2.75, 3.05) is 5.73 Å². The number of rotatable bonds is 5. The molecule has 2 bridgehead atoms. The number of amides is 1. The minimum Gasteiger partial charge on any atom is -0.387 e. The average molecular weight is 502 g/mol. The number of nitrogens with two attached hydrogens (primary N) is 1. The number of anilines is 1. The number of aliphatic hydroxyl groups excluding tert-OH is 1. The van der Waals surface area contributed by atoms with E-state index in [1.54, 1.807) is 25.4 Å². The molecule has 4 aromatic rings. The van der Waals surface area contributed by atoms with Gasteiger partial charge >= 0.3 is 0 Å². The second-order valence-corrected chi connectivity index (χ2v) is 9.86. The molecule has 0 aromatic carbocycles. The van der Waals surface area contributed by atoms with Gasteiger partial charge in [-0.3, -0.25) is 14.6 Å². The first-order valence-corrected chi connectivity index (χ1v) is 12.3. The van der Waals surface area contributed by atoms with Crippen molar-refractivity contribution in [1.29, 1.82) is 0 Å². The van der Waals surface area contributed by atoms with Crippen molar-refractivity contribution < 1.29 is 14.7 Å². The Kier molecular flexibility index (Phi) is 5.48. The first kappa shape index (κ1) is 23.2. The van der Waals surface area contributed by atoms with Gasteiger partial charge in [0.25, 0.3) is 5.91 Å². The van der Waals surface area contributed by atoms with Gasteiger partial charge in [-0.1, -0.05) is 6.07 Å². The van der Waals surface area contributed by atoms with Crippen LogP contribution >= 0.6 is 0 Å². The average Bonchev–Trinajstić information content (AvgIpc) is 3.62. The maximum atomic E-state index is 13.1. The molecule has 1 unspecified atom stereocenters. The lowest BCUT2D eigenvalue weighted by atomic mass is 9.85. The Balaban J connectivity index is 1.40. The van der Waals surface area contributed by atoms with Gasteiger partial charge in [0.1, 0.15) is 12.1 Å². The van der Waals surface area contributed by atoms with Crippen LogP contribution in [0, 0.1) is 0 Å². The molecule has 12 heteroatoms. The van der Waals surface area contributed by atoms with Gasteiger partial charge in [0.15, 0.2) is 11.4 Å². The predicted molar refractivity (Wildman–Crippen MR) is 133 cm³/mol. The van der Waals surface area contributed by atoms with Crippen LogP contribution in [0.15, 0.2) is 30.9 Å². The van der Waals surface area contributed by atoms with E-state index in [9.17, 15) is 14.7 Å². The zero-order valence-corrected chi connectivity index (χ0v) is 20.5. The minimum absolute atomic E-state index is 0.0157. The number of carbonyl (C=O) groups is 2. The molecule has 0 radical (unpaired) electrons. The lowest BCUT2D eigenvalue weighted by molar-refractivity contribution is 0.0556. The number of aliphatic hydroxyl groups is 1. The van der Waals surface area contributed by atoms with Crippen LogP contribution in [0.4, 0.5) is 5.82 Å². The number of hydrogen-bond acceptors (Lipinski definition) is 9. The number of nitrogens with zero attached hydrogens (tertiary/aromatic N) is 7. The van der Waals surface area contributed by atoms with Crippen molar-refractivity contribution in [1.82, 2.24) is 39.7 Å². The molecule has 4 N–H and O–H groups in total. The highest BCUT2D eigenvalue weighted by atomic mass is 16.3. The molecule has 2 saturated heterocycles. The first-order chi connectivity index (χ1) is 17.8. The molecule has 190 valence electrons. The third-order valence-electron chi connectivity index (χ3n) is 7.56. The second kappa shape index (κ2) is 8.73. The van der Waals surface area contributed by atoms with Crippen LogP contribution in [0.25, 0.3) is 16.8 Å². The van der Waals surface area contributed by atoms with Crippen LogP contribution in [0.2, 0.25) is 0 Å². The van der Waals surface area contributed by atoms with Gasteiger partial charge in [0, 0.05) is 35.3 Å². The molecule has 2 aliphatic heterocycles. The molecule has 0 saturated carbocycles. The van der Waals surface area contributed by atoms with Crippen LogP contribution in [0.1, 0.15) is 83.9 Å². The van der Waals surface area contributed by atoms with Gasteiger partial charge in [0.2, 0.25) is 5.82 Å². The predicted octanol–water partition coefficient (Wildman–Crippen LogP) is 2.30. The Morgan fingerprint density at radius 2 is 1.95 bits per heavy atom. The normalized spacial score (nSPS) is 21.9. The second-order valence-electron chi connectivity index (χ2n) is 9.86. The fourth-order valence-electron chi connectivity index (χ4n) is 5.87. The third-order valence-corrected chi connectivity index (χ3v) is 7.56. The number of piperidine rings is 1. The van der Waals surface area contributed by atoms with Gasteiger partial charge in [-0.15, -0.1) is 10.2 Å². The van der Waals surface area contributed by atoms with Crippen molar-refractivity contribution in [2.24, 2.45) is 0 Å². The van der Waals surface area contributed by atoms with Crippen molar-refractivity contribution in [3.63, 3.8) is 0 Å². The summed E-state index contributed by atoms with van der Waals surface area (Å²) in [5, 5.41) is 21.9. The van der Waals surface area contributed by atoms with Crippen LogP contribution in [-0.2, 0) is 0 Å². The van der Waals surface area contributed by atoms with Crippen molar-refractivity contribution in [2.45, 2.75) is 63.6 Å². The SMILES string of the molecule is CC(=O)c1c([C@H]2C[C@H]3CC[C@@H](C2)N3C(=O)c2nnc[nH]2)nc2c(-c3ccc(C(C)O)nc3)cnn2c1N. The molecule has 0 spiro atoms. The van der Waals surface area contributed by atoms with Crippen molar-refractivity contribution in [3.05, 3.63) is 53.6 Å². The number of aromatic nitrogens is 7. The number of pyridine rings is 1. The number of H-pyrrole nitrogens is 1. The zero-order chi connectivity index (χ0) is 25.8. The van der Waals surface area contributed by atoms with Crippen LogP contribution in [0.5, 0.6) is 0 Å².